The Morgan fingerprint density at radius 3 is 2.50 bits per heavy atom. The molecule has 76 valence electrons. The van der Waals surface area contributed by atoms with Crippen LogP contribution in [0, 0.1) is 17.0 Å². The Morgan fingerprint density at radius 1 is 1.43 bits per heavy atom. The first kappa shape index (κ1) is 10.6. The molecule has 0 aliphatic heterocycles. The first-order valence-electron chi connectivity index (χ1n) is 4.73. The summed E-state index contributed by atoms with van der Waals surface area (Å²) in [5.74, 6) is 0. The normalized spacial score (nSPS) is 10.2. The minimum absolute atomic E-state index is 0.171. The van der Waals surface area contributed by atoms with Gasteiger partial charge in [0.2, 0.25) is 0 Å². The number of aromatic nitrogens is 1. The van der Waals surface area contributed by atoms with E-state index in [1.54, 1.807) is 13.0 Å². The van der Waals surface area contributed by atoms with Crippen molar-refractivity contribution in [3.63, 3.8) is 0 Å². The Morgan fingerprint density at radius 2 is 2.07 bits per heavy atom. The van der Waals surface area contributed by atoms with Gasteiger partial charge < -0.3 is 0 Å². The van der Waals surface area contributed by atoms with Gasteiger partial charge in [-0.3, -0.25) is 15.1 Å². The van der Waals surface area contributed by atoms with Crippen LogP contribution in [0.15, 0.2) is 6.07 Å². The second kappa shape index (κ2) is 4.17. The molecule has 4 heteroatoms. The third kappa shape index (κ3) is 1.89. The number of aryl methyl sites for hydroxylation is 3. The fraction of sp³-hybridized carbons (Fsp3) is 0.500. The molecule has 0 amide bonds. The number of rotatable bonds is 3. The molecule has 1 aromatic heterocycles. The number of nitro groups is 1. The minimum atomic E-state index is -0.347. The molecule has 0 aromatic carbocycles. The van der Waals surface area contributed by atoms with Crippen molar-refractivity contribution in [3.05, 3.63) is 33.1 Å². The Balaban J connectivity index is 3.34. The highest BCUT2D eigenvalue weighted by Crippen LogP contribution is 2.23. The second-order valence-electron chi connectivity index (χ2n) is 3.19. The van der Waals surface area contributed by atoms with Crippen LogP contribution in [0.2, 0.25) is 0 Å². The molecule has 0 spiro atoms. The maximum Gasteiger partial charge on any atom is 0.293 e. The Kier molecular flexibility index (Phi) is 3.17. The fourth-order valence-corrected chi connectivity index (χ4v) is 1.48. The van der Waals surface area contributed by atoms with Crippen molar-refractivity contribution in [2.24, 2.45) is 0 Å². The summed E-state index contributed by atoms with van der Waals surface area (Å²) in [7, 11) is 0. The summed E-state index contributed by atoms with van der Waals surface area (Å²) in [5, 5.41) is 10.8. The number of hydrogen-bond acceptors (Lipinski definition) is 3. The monoisotopic (exact) mass is 194 g/mol. The zero-order valence-corrected chi connectivity index (χ0v) is 8.70. The van der Waals surface area contributed by atoms with E-state index in [-0.39, 0.29) is 10.6 Å². The molecule has 0 aliphatic carbocycles. The van der Waals surface area contributed by atoms with E-state index in [1.807, 2.05) is 13.8 Å². The van der Waals surface area contributed by atoms with E-state index in [1.165, 1.54) is 0 Å². The highest BCUT2D eigenvalue weighted by Gasteiger charge is 2.18. The lowest BCUT2D eigenvalue weighted by atomic mass is 10.1. The van der Waals surface area contributed by atoms with Gasteiger partial charge in [-0.15, -0.1) is 0 Å². The van der Waals surface area contributed by atoms with E-state index in [9.17, 15) is 10.1 Å². The van der Waals surface area contributed by atoms with Gasteiger partial charge in [-0.1, -0.05) is 13.8 Å². The Labute approximate surface area is 83.1 Å². The van der Waals surface area contributed by atoms with Crippen molar-refractivity contribution in [2.45, 2.75) is 33.6 Å². The highest BCUT2D eigenvalue weighted by atomic mass is 16.6. The summed E-state index contributed by atoms with van der Waals surface area (Å²) < 4.78 is 0. The van der Waals surface area contributed by atoms with Gasteiger partial charge in [0.15, 0.2) is 0 Å². The van der Waals surface area contributed by atoms with Gasteiger partial charge in [0, 0.05) is 11.3 Å². The molecule has 1 rings (SSSR count). The van der Waals surface area contributed by atoms with Crippen molar-refractivity contribution in [1.29, 1.82) is 0 Å². The number of nitrogens with zero attached hydrogens (tertiary/aromatic N) is 2. The molecular weight excluding hydrogens is 180 g/mol. The van der Waals surface area contributed by atoms with Crippen molar-refractivity contribution in [3.8, 4) is 0 Å². The average molecular weight is 194 g/mol. The van der Waals surface area contributed by atoms with Crippen LogP contribution in [0.25, 0.3) is 0 Å². The summed E-state index contributed by atoms with van der Waals surface area (Å²) in [4.78, 5) is 14.7. The van der Waals surface area contributed by atoms with E-state index >= 15 is 0 Å². The molecule has 0 unspecified atom stereocenters. The largest absolute Gasteiger partial charge is 0.293 e. The van der Waals surface area contributed by atoms with Gasteiger partial charge in [0.05, 0.1) is 4.92 Å². The lowest BCUT2D eigenvalue weighted by molar-refractivity contribution is -0.386. The van der Waals surface area contributed by atoms with Crippen LogP contribution in [0.1, 0.15) is 30.8 Å². The lowest BCUT2D eigenvalue weighted by Crippen LogP contribution is -2.03. The van der Waals surface area contributed by atoms with Gasteiger partial charge in [0.25, 0.3) is 5.69 Å². The molecule has 0 saturated heterocycles. The second-order valence-corrected chi connectivity index (χ2v) is 3.19. The number of pyridine rings is 1. The first-order chi connectivity index (χ1) is 6.60. The Hall–Kier alpha value is -1.45. The van der Waals surface area contributed by atoms with Crippen molar-refractivity contribution < 1.29 is 4.92 Å². The van der Waals surface area contributed by atoms with Crippen LogP contribution in [0.4, 0.5) is 5.69 Å². The Bertz CT molecular complexity index is 361. The minimum Gasteiger partial charge on any atom is -0.258 e. The fourth-order valence-electron chi connectivity index (χ4n) is 1.48. The van der Waals surface area contributed by atoms with E-state index in [0.717, 1.165) is 12.1 Å². The summed E-state index contributed by atoms with van der Waals surface area (Å²) in [5.41, 5.74) is 2.39. The van der Waals surface area contributed by atoms with Crippen molar-refractivity contribution in [2.75, 3.05) is 0 Å². The van der Waals surface area contributed by atoms with E-state index < -0.39 is 0 Å². The van der Waals surface area contributed by atoms with E-state index in [2.05, 4.69) is 4.98 Å². The molecule has 0 aliphatic rings. The zero-order valence-electron chi connectivity index (χ0n) is 8.70. The topological polar surface area (TPSA) is 56.0 Å². The van der Waals surface area contributed by atoms with Gasteiger partial charge in [-0.2, -0.15) is 0 Å². The summed E-state index contributed by atoms with van der Waals surface area (Å²) >= 11 is 0. The summed E-state index contributed by atoms with van der Waals surface area (Å²) in [6.45, 7) is 5.64. The third-order valence-electron chi connectivity index (χ3n) is 2.19. The number of hydrogen-bond donors (Lipinski definition) is 0. The van der Waals surface area contributed by atoms with Gasteiger partial charge in [-0.05, 0) is 25.8 Å². The van der Waals surface area contributed by atoms with E-state index in [4.69, 9.17) is 0 Å². The van der Waals surface area contributed by atoms with Crippen molar-refractivity contribution in [1.82, 2.24) is 4.98 Å². The first-order valence-corrected chi connectivity index (χ1v) is 4.73. The maximum atomic E-state index is 10.8. The molecule has 0 radical (unpaired) electrons. The zero-order chi connectivity index (χ0) is 10.7. The van der Waals surface area contributed by atoms with Gasteiger partial charge in [0.1, 0.15) is 5.69 Å². The van der Waals surface area contributed by atoms with Crippen LogP contribution >= 0.6 is 0 Å². The maximum absolute atomic E-state index is 10.8. The molecule has 1 aromatic rings. The molecule has 0 N–H and O–H groups in total. The smallest absolute Gasteiger partial charge is 0.258 e. The van der Waals surface area contributed by atoms with Crippen LogP contribution < -0.4 is 0 Å². The molecule has 14 heavy (non-hydrogen) atoms. The van der Waals surface area contributed by atoms with Crippen LogP contribution in [0.5, 0.6) is 0 Å². The quantitative estimate of drug-likeness (QED) is 0.548. The SMILES string of the molecule is CCc1cc(C)c([N+](=O)[O-])c(CC)n1. The summed E-state index contributed by atoms with van der Waals surface area (Å²) in [6, 6.07) is 1.79. The van der Waals surface area contributed by atoms with Gasteiger partial charge in [-0.25, -0.2) is 0 Å². The molecule has 1 heterocycles. The molecular formula is C10H14N2O2. The molecule has 0 fully saturated rings. The predicted molar refractivity (Wildman–Crippen MR) is 54.4 cm³/mol. The molecule has 0 saturated carbocycles. The van der Waals surface area contributed by atoms with Gasteiger partial charge >= 0.3 is 0 Å². The van der Waals surface area contributed by atoms with Crippen LogP contribution in [-0.4, -0.2) is 9.91 Å². The molecule has 0 bridgehead atoms. The van der Waals surface area contributed by atoms with Crippen LogP contribution in [0.3, 0.4) is 0 Å². The molecule has 0 atom stereocenters. The predicted octanol–water partition coefficient (Wildman–Crippen LogP) is 2.42. The average Bonchev–Trinajstić information content (AvgIpc) is 2.15. The van der Waals surface area contributed by atoms with Crippen LogP contribution in [-0.2, 0) is 12.8 Å². The standard InChI is InChI=1S/C10H14N2O2/c1-4-8-6-7(3)10(12(13)14)9(5-2)11-8/h6H,4-5H2,1-3H3. The van der Waals surface area contributed by atoms with Crippen molar-refractivity contribution >= 4 is 5.69 Å². The highest BCUT2D eigenvalue weighted by molar-refractivity contribution is 5.44. The molecule has 4 nitrogen and oxygen atoms in total. The lowest BCUT2D eigenvalue weighted by Gasteiger charge is -2.05. The summed E-state index contributed by atoms with van der Waals surface area (Å²) in [6.07, 6.45) is 1.41. The van der Waals surface area contributed by atoms with E-state index in [0.29, 0.717) is 17.7 Å². The third-order valence-corrected chi connectivity index (χ3v) is 2.19.